The summed E-state index contributed by atoms with van der Waals surface area (Å²) in [7, 11) is 0. The van der Waals surface area contributed by atoms with E-state index in [4.69, 9.17) is 0 Å². The van der Waals surface area contributed by atoms with Crippen LogP contribution in [0.15, 0.2) is 18.6 Å². The summed E-state index contributed by atoms with van der Waals surface area (Å²) in [6, 6.07) is 0. The zero-order valence-electron chi connectivity index (χ0n) is 3.18. The highest BCUT2D eigenvalue weighted by Gasteiger charge is 1.56. The molecule has 0 aliphatic carbocycles. The second-order valence-corrected chi connectivity index (χ2v) is 0.554. The van der Waals surface area contributed by atoms with Crippen molar-refractivity contribution in [3.8, 4) is 0 Å². The molecule has 0 amide bonds. The topological polar surface area (TPSA) is 26.3 Å². The lowest BCUT2D eigenvalue weighted by molar-refractivity contribution is -0.123. The van der Waals surface area contributed by atoms with E-state index in [-0.39, 0.29) is 0 Å². The number of hydrogen-bond donors (Lipinski definition) is 0. The molecule has 0 aliphatic heterocycles. The van der Waals surface area contributed by atoms with Gasteiger partial charge in [-0.25, -0.2) is 0 Å². The lowest BCUT2D eigenvalue weighted by Gasteiger charge is -1.71. The summed E-state index contributed by atoms with van der Waals surface area (Å²) >= 11 is 0. The summed E-state index contributed by atoms with van der Waals surface area (Å²) in [6.07, 6.45) is 1.08. The van der Waals surface area contributed by atoms with Crippen LogP contribution in [0, 0.1) is 0 Å². The minimum Gasteiger partial charge on any atom is -0.428 e. The summed E-state index contributed by atoms with van der Waals surface area (Å²) < 4.78 is 4.00. The molecule has 0 aliphatic rings. The van der Waals surface area contributed by atoms with Crippen LogP contribution in [0.2, 0.25) is 0 Å². The van der Waals surface area contributed by atoms with E-state index >= 15 is 0 Å². The zero-order valence-corrected chi connectivity index (χ0v) is 3.18. The minimum atomic E-state index is 0.304. The van der Waals surface area contributed by atoms with E-state index in [1.807, 2.05) is 0 Å². The highest BCUT2D eigenvalue weighted by atomic mass is 16.5. The lowest BCUT2D eigenvalue weighted by Crippen LogP contribution is -1.67. The van der Waals surface area contributed by atoms with Gasteiger partial charge in [0, 0.05) is 0 Å². The molecule has 32 valence electrons. The average Bonchev–Trinajstić information content (AvgIpc) is 1.61. The molecular weight excluding hydrogens is 80.0 g/mol. The Morgan fingerprint density at radius 3 is 2.67 bits per heavy atom. The third-order valence-corrected chi connectivity index (χ3v) is 0.207. The van der Waals surface area contributed by atoms with Crippen molar-refractivity contribution in [2.24, 2.45) is 0 Å². The Bertz CT molecular complexity index is 79.5. The van der Waals surface area contributed by atoms with Gasteiger partial charge in [-0.3, -0.25) is 4.79 Å². The number of ether oxygens (including phenoxy) is 1. The second kappa shape index (κ2) is 3.99. The van der Waals surface area contributed by atoms with Crippen LogP contribution in [0.1, 0.15) is 0 Å². The van der Waals surface area contributed by atoms with Gasteiger partial charge in [0.15, 0.2) is 0 Å². The van der Waals surface area contributed by atoms with Crippen molar-refractivity contribution in [3.63, 3.8) is 0 Å². The van der Waals surface area contributed by atoms with Crippen molar-refractivity contribution in [1.29, 1.82) is 0 Å². The Kier molecular flexibility index (Phi) is 3.32. The Hall–Kier alpha value is -1.01. The van der Waals surface area contributed by atoms with Crippen LogP contribution in [0.3, 0.4) is 0 Å². The fourth-order valence-electron chi connectivity index (χ4n) is 0.0759. The molecule has 0 atom stereocenters. The molecular formula is C4H4O2. The second-order valence-electron chi connectivity index (χ2n) is 0.554. The van der Waals surface area contributed by atoms with Crippen LogP contribution in [0.25, 0.3) is 0 Å². The van der Waals surface area contributed by atoms with Gasteiger partial charge >= 0.3 is 0 Å². The maximum absolute atomic E-state index is 9.24. The van der Waals surface area contributed by atoms with Gasteiger partial charge in [0.1, 0.15) is 6.26 Å². The van der Waals surface area contributed by atoms with Crippen molar-refractivity contribution in [1.82, 2.24) is 0 Å². The Morgan fingerprint density at radius 2 is 2.50 bits per heavy atom. The Labute approximate surface area is 35.7 Å². The molecule has 0 unspecified atom stereocenters. The molecule has 2 heteroatoms. The molecule has 0 heterocycles. The van der Waals surface area contributed by atoms with Crippen molar-refractivity contribution < 1.29 is 9.53 Å². The SMILES string of the molecule is C=C=COC=O. The van der Waals surface area contributed by atoms with E-state index in [9.17, 15) is 4.79 Å². The summed E-state index contributed by atoms with van der Waals surface area (Å²) in [5.41, 5.74) is 2.24. The molecule has 0 rings (SSSR count). The molecule has 0 N–H and O–H groups in total. The van der Waals surface area contributed by atoms with E-state index < -0.39 is 0 Å². The largest absolute Gasteiger partial charge is 0.428 e. The normalized spacial score (nSPS) is 5.33. The summed E-state index contributed by atoms with van der Waals surface area (Å²) in [5, 5.41) is 0. The first-order valence-corrected chi connectivity index (χ1v) is 1.35. The maximum Gasteiger partial charge on any atom is 0.298 e. The van der Waals surface area contributed by atoms with Crippen molar-refractivity contribution >= 4 is 6.47 Å². The average molecular weight is 84.1 g/mol. The van der Waals surface area contributed by atoms with E-state index in [1.165, 1.54) is 0 Å². The van der Waals surface area contributed by atoms with E-state index in [0.29, 0.717) is 6.47 Å². The molecule has 0 fully saturated rings. The Morgan fingerprint density at radius 1 is 1.83 bits per heavy atom. The first-order chi connectivity index (χ1) is 2.91. The molecule has 6 heavy (non-hydrogen) atoms. The third kappa shape index (κ3) is 2.99. The first kappa shape index (κ1) is 4.99. The van der Waals surface area contributed by atoms with Gasteiger partial charge in [-0.05, 0) is 0 Å². The van der Waals surface area contributed by atoms with Gasteiger partial charge < -0.3 is 4.74 Å². The van der Waals surface area contributed by atoms with Gasteiger partial charge in [-0.15, -0.1) is 0 Å². The van der Waals surface area contributed by atoms with Crippen molar-refractivity contribution in [3.05, 3.63) is 18.6 Å². The highest BCUT2D eigenvalue weighted by molar-refractivity contribution is 5.38. The molecule has 0 saturated heterocycles. The zero-order chi connectivity index (χ0) is 4.83. The smallest absolute Gasteiger partial charge is 0.298 e. The Balaban J connectivity index is 3.07. The molecule has 0 aromatic rings. The molecule has 0 saturated carbocycles. The van der Waals surface area contributed by atoms with Gasteiger partial charge in [0.25, 0.3) is 6.47 Å². The summed E-state index contributed by atoms with van der Waals surface area (Å²) in [4.78, 5) is 9.24. The van der Waals surface area contributed by atoms with Crippen LogP contribution < -0.4 is 0 Å². The maximum atomic E-state index is 9.24. The highest BCUT2D eigenvalue weighted by Crippen LogP contribution is 1.59. The van der Waals surface area contributed by atoms with Crippen molar-refractivity contribution in [2.45, 2.75) is 0 Å². The number of carbonyl (C=O) groups is 1. The standard InChI is InChI=1S/C4H4O2/c1-2-3-6-4-5/h3-4H,1H2. The van der Waals surface area contributed by atoms with E-state index in [2.05, 4.69) is 17.0 Å². The van der Waals surface area contributed by atoms with Gasteiger partial charge in [0.05, 0.1) is 0 Å². The predicted octanol–water partition coefficient (Wildman–Crippen LogP) is 0.458. The van der Waals surface area contributed by atoms with Gasteiger partial charge in [-0.2, -0.15) is 0 Å². The molecule has 0 bridgehead atoms. The van der Waals surface area contributed by atoms with Crippen molar-refractivity contribution in [2.75, 3.05) is 0 Å². The lowest BCUT2D eigenvalue weighted by atomic mass is 10.9. The molecule has 0 aromatic heterocycles. The van der Waals surface area contributed by atoms with Crippen LogP contribution in [-0.2, 0) is 9.53 Å². The third-order valence-electron chi connectivity index (χ3n) is 0.207. The first-order valence-electron chi connectivity index (χ1n) is 1.35. The van der Waals surface area contributed by atoms with Crippen LogP contribution in [-0.4, -0.2) is 6.47 Å². The summed E-state index contributed by atoms with van der Waals surface area (Å²) in [5.74, 6) is 0. The van der Waals surface area contributed by atoms with Crippen LogP contribution in [0.4, 0.5) is 0 Å². The number of rotatable bonds is 2. The fraction of sp³-hybridized carbons (Fsp3) is 0. The fourth-order valence-corrected chi connectivity index (χ4v) is 0.0759. The minimum absolute atomic E-state index is 0.304. The van der Waals surface area contributed by atoms with Gasteiger partial charge in [0.2, 0.25) is 0 Å². The molecule has 2 nitrogen and oxygen atoms in total. The van der Waals surface area contributed by atoms with E-state index in [0.717, 1.165) is 6.26 Å². The number of carbonyl (C=O) groups excluding carboxylic acids is 1. The molecule has 0 aromatic carbocycles. The van der Waals surface area contributed by atoms with Gasteiger partial charge in [-0.1, -0.05) is 12.3 Å². The summed E-state index contributed by atoms with van der Waals surface area (Å²) in [6.45, 7) is 3.44. The number of hydrogen-bond acceptors (Lipinski definition) is 2. The monoisotopic (exact) mass is 84.0 g/mol. The predicted molar refractivity (Wildman–Crippen MR) is 20.9 cm³/mol. The van der Waals surface area contributed by atoms with E-state index in [1.54, 1.807) is 0 Å². The molecule has 0 spiro atoms. The van der Waals surface area contributed by atoms with Crippen LogP contribution >= 0.6 is 0 Å². The quantitative estimate of drug-likeness (QED) is 0.276. The van der Waals surface area contributed by atoms with Crippen LogP contribution in [0.5, 0.6) is 0 Å². The molecule has 0 radical (unpaired) electrons.